The van der Waals surface area contributed by atoms with Crippen LogP contribution < -0.4 is 10.1 Å². The fourth-order valence-corrected chi connectivity index (χ4v) is 2.82. The van der Waals surface area contributed by atoms with E-state index in [9.17, 15) is 9.59 Å². The molecule has 2 aromatic carbocycles. The Morgan fingerprint density at radius 3 is 2.48 bits per heavy atom. The van der Waals surface area contributed by atoms with Crippen LogP contribution in [0.4, 0.5) is 5.69 Å². The standard InChI is InChI=1S/C20H19Cl2NO4/c1-3-10-27-20(25)13-4-7-16(8-5-13)23-18(24)9-6-14-11-15(21)12-17(22)19(14)26-2/h4-9,11-12H,3,10H2,1-2H3,(H,23,24). The van der Waals surface area contributed by atoms with E-state index in [1.807, 2.05) is 6.92 Å². The molecule has 1 N–H and O–H groups in total. The maximum absolute atomic E-state index is 12.1. The van der Waals surface area contributed by atoms with Gasteiger partial charge in [0.1, 0.15) is 5.75 Å². The van der Waals surface area contributed by atoms with Crippen molar-refractivity contribution in [3.8, 4) is 5.75 Å². The molecule has 0 aliphatic carbocycles. The van der Waals surface area contributed by atoms with Gasteiger partial charge in [-0.3, -0.25) is 4.79 Å². The van der Waals surface area contributed by atoms with Crippen LogP contribution in [0.3, 0.4) is 0 Å². The fourth-order valence-electron chi connectivity index (χ4n) is 2.24. The van der Waals surface area contributed by atoms with E-state index >= 15 is 0 Å². The van der Waals surface area contributed by atoms with Crippen molar-refractivity contribution in [2.24, 2.45) is 0 Å². The molecule has 0 saturated heterocycles. The molecule has 0 radical (unpaired) electrons. The zero-order valence-electron chi connectivity index (χ0n) is 14.9. The van der Waals surface area contributed by atoms with Crippen molar-refractivity contribution in [1.29, 1.82) is 0 Å². The predicted octanol–water partition coefficient (Wildman–Crippen LogP) is 5.22. The summed E-state index contributed by atoms with van der Waals surface area (Å²) >= 11 is 12.1. The van der Waals surface area contributed by atoms with E-state index in [-0.39, 0.29) is 11.9 Å². The minimum atomic E-state index is -0.389. The highest BCUT2D eigenvalue weighted by atomic mass is 35.5. The molecule has 2 aromatic rings. The molecular weight excluding hydrogens is 389 g/mol. The molecule has 0 fully saturated rings. The first-order valence-electron chi connectivity index (χ1n) is 8.24. The van der Waals surface area contributed by atoms with Gasteiger partial charge < -0.3 is 14.8 Å². The molecule has 0 aromatic heterocycles. The minimum Gasteiger partial charge on any atom is -0.495 e. The van der Waals surface area contributed by atoms with Crippen molar-refractivity contribution in [3.05, 3.63) is 63.6 Å². The molecule has 0 saturated carbocycles. The van der Waals surface area contributed by atoms with Gasteiger partial charge in [0.25, 0.3) is 0 Å². The van der Waals surface area contributed by atoms with Crippen molar-refractivity contribution < 1.29 is 19.1 Å². The maximum atomic E-state index is 12.1. The number of carbonyl (C=O) groups excluding carboxylic acids is 2. The van der Waals surface area contributed by atoms with E-state index in [4.69, 9.17) is 32.7 Å². The molecule has 5 nitrogen and oxygen atoms in total. The number of methoxy groups -OCH3 is 1. The summed E-state index contributed by atoms with van der Waals surface area (Å²) in [4.78, 5) is 23.9. The lowest BCUT2D eigenvalue weighted by Crippen LogP contribution is -2.09. The first-order valence-corrected chi connectivity index (χ1v) is 8.99. The van der Waals surface area contributed by atoms with E-state index in [0.29, 0.717) is 39.2 Å². The van der Waals surface area contributed by atoms with Gasteiger partial charge in [0.05, 0.1) is 24.3 Å². The summed E-state index contributed by atoms with van der Waals surface area (Å²) < 4.78 is 10.3. The number of amides is 1. The number of rotatable bonds is 7. The zero-order valence-corrected chi connectivity index (χ0v) is 16.4. The molecule has 0 heterocycles. The lowest BCUT2D eigenvalue weighted by atomic mass is 10.1. The summed E-state index contributed by atoms with van der Waals surface area (Å²) in [6, 6.07) is 9.66. The van der Waals surface area contributed by atoms with Gasteiger partial charge in [0.15, 0.2) is 0 Å². The van der Waals surface area contributed by atoms with E-state index in [1.54, 1.807) is 42.5 Å². The molecular formula is C20H19Cl2NO4. The van der Waals surface area contributed by atoms with Crippen molar-refractivity contribution >= 4 is 46.8 Å². The topological polar surface area (TPSA) is 64.6 Å². The Bertz CT molecular complexity index is 848. The smallest absolute Gasteiger partial charge is 0.338 e. The second-order valence-corrected chi connectivity index (χ2v) is 6.39. The van der Waals surface area contributed by atoms with E-state index in [1.165, 1.54) is 13.2 Å². The zero-order chi connectivity index (χ0) is 19.8. The normalized spacial score (nSPS) is 10.7. The van der Waals surface area contributed by atoms with Crippen molar-refractivity contribution in [1.82, 2.24) is 0 Å². The third-order valence-electron chi connectivity index (χ3n) is 3.48. The number of ether oxygens (including phenoxy) is 2. The Morgan fingerprint density at radius 2 is 1.85 bits per heavy atom. The Morgan fingerprint density at radius 1 is 1.15 bits per heavy atom. The third kappa shape index (κ3) is 6.01. The molecule has 0 aliphatic rings. The van der Waals surface area contributed by atoms with E-state index in [2.05, 4.69) is 5.32 Å². The van der Waals surface area contributed by atoms with Crippen molar-refractivity contribution in [2.45, 2.75) is 13.3 Å². The highest BCUT2D eigenvalue weighted by Crippen LogP contribution is 2.32. The minimum absolute atomic E-state index is 0.352. The number of hydrogen-bond acceptors (Lipinski definition) is 4. The summed E-state index contributed by atoms with van der Waals surface area (Å²) in [5.41, 5.74) is 1.56. The third-order valence-corrected chi connectivity index (χ3v) is 3.98. The van der Waals surface area contributed by atoms with E-state index < -0.39 is 0 Å². The quantitative estimate of drug-likeness (QED) is 0.504. The number of carbonyl (C=O) groups is 2. The molecule has 0 spiro atoms. The van der Waals surface area contributed by atoms with Gasteiger partial charge in [-0.25, -0.2) is 4.79 Å². The van der Waals surface area contributed by atoms with Crippen LogP contribution in [0.25, 0.3) is 6.08 Å². The van der Waals surface area contributed by atoms with Crippen LogP contribution in [0, 0.1) is 0 Å². The van der Waals surface area contributed by atoms with Gasteiger partial charge in [-0.2, -0.15) is 0 Å². The second kappa shape index (κ2) is 10.00. The predicted molar refractivity (Wildman–Crippen MR) is 108 cm³/mol. The Hall–Kier alpha value is -2.50. The fraction of sp³-hybridized carbons (Fsp3) is 0.200. The number of benzene rings is 2. The molecule has 7 heteroatoms. The number of hydrogen-bond donors (Lipinski definition) is 1. The van der Waals surface area contributed by atoms with Crippen LogP contribution in [0.5, 0.6) is 5.75 Å². The SMILES string of the molecule is CCCOC(=O)c1ccc(NC(=O)C=Cc2cc(Cl)cc(Cl)c2OC)cc1. The highest BCUT2D eigenvalue weighted by Gasteiger charge is 2.09. The van der Waals surface area contributed by atoms with Crippen molar-refractivity contribution in [2.75, 3.05) is 19.0 Å². The highest BCUT2D eigenvalue weighted by molar-refractivity contribution is 6.36. The van der Waals surface area contributed by atoms with Gasteiger partial charge in [-0.15, -0.1) is 0 Å². The van der Waals surface area contributed by atoms with Crippen LogP contribution >= 0.6 is 23.2 Å². The van der Waals surface area contributed by atoms with Gasteiger partial charge in [-0.1, -0.05) is 30.1 Å². The monoisotopic (exact) mass is 407 g/mol. The summed E-state index contributed by atoms with van der Waals surface area (Å²) in [5, 5.41) is 3.50. The van der Waals surface area contributed by atoms with Gasteiger partial charge in [0.2, 0.25) is 5.91 Å². The summed E-state index contributed by atoms with van der Waals surface area (Å²) in [5.74, 6) is -0.311. The Kier molecular flexibility index (Phi) is 7.70. The second-order valence-electron chi connectivity index (χ2n) is 5.55. The molecule has 0 aliphatic heterocycles. The summed E-state index contributed by atoms with van der Waals surface area (Å²) in [7, 11) is 1.49. The molecule has 0 atom stereocenters. The first-order chi connectivity index (χ1) is 12.9. The average Bonchev–Trinajstić information content (AvgIpc) is 2.64. The molecule has 2 rings (SSSR count). The summed E-state index contributed by atoms with van der Waals surface area (Å²) in [6.45, 7) is 2.30. The number of halogens is 2. The molecule has 27 heavy (non-hydrogen) atoms. The number of nitrogens with one attached hydrogen (secondary N) is 1. The van der Waals surface area contributed by atoms with Gasteiger partial charge in [-0.05, 0) is 48.9 Å². The van der Waals surface area contributed by atoms with Crippen LogP contribution in [0.1, 0.15) is 29.3 Å². The van der Waals surface area contributed by atoms with E-state index in [0.717, 1.165) is 6.42 Å². The molecule has 0 bridgehead atoms. The molecule has 142 valence electrons. The lowest BCUT2D eigenvalue weighted by molar-refractivity contribution is -0.111. The average molecular weight is 408 g/mol. The largest absolute Gasteiger partial charge is 0.495 e. The first kappa shape index (κ1) is 20.8. The van der Waals surface area contributed by atoms with Crippen LogP contribution in [-0.2, 0) is 9.53 Å². The van der Waals surface area contributed by atoms with Gasteiger partial charge >= 0.3 is 5.97 Å². The van der Waals surface area contributed by atoms with Crippen LogP contribution in [-0.4, -0.2) is 25.6 Å². The van der Waals surface area contributed by atoms with Crippen LogP contribution in [0.2, 0.25) is 10.0 Å². The Balaban J connectivity index is 2.04. The lowest BCUT2D eigenvalue weighted by Gasteiger charge is -2.08. The van der Waals surface area contributed by atoms with Gasteiger partial charge in [0, 0.05) is 22.3 Å². The van der Waals surface area contributed by atoms with Crippen molar-refractivity contribution in [3.63, 3.8) is 0 Å². The van der Waals surface area contributed by atoms with Crippen LogP contribution in [0.15, 0.2) is 42.5 Å². The number of anilines is 1. The summed E-state index contributed by atoms with van der Waals surface area (Å²) in [6.07, 6.45) is 3.66. The maximum Gasteiger partial charge on any atom is 0.338 e. The number of esters is 1. The molecule has 0 unspecified atom stereocenters. The molecule has 1 amide bonds. The Labute approximate surface area is 167 Å².